The van der Waals surface area contributed by atoms with Gasteiger partial charge in [-0.25, -0.2) is 8.42 Å². The van der Waals surface area contributed by atoms with Crippen molar-refractivity contribution in [1.29, 1.82) is 0 Å². The Morgan fingerprint density at radius 3 is 2.12 bits per heavy atom. The molecule has 1 N–H and O–H groups in total. The maximum absolute atomic E-state index is 11.9. The predicted molar refractivity (Wildman–Crippen MR) is 69.8 cm³/mol. The molecule has 17 heavy (non-hydrogen) atoms. The molecule has 0 aromatic heterocycles. The summed E-state index contributed by atoms with van der Waals surface area (Å²) in [5.41, 5.74) is -0.570. The molecule has 1 saturated heterocycles. The SMILES string of the molecule is CC1(O)CCN(CCS(=O)(=O)C(C)(C)C)CC1. The molecule has 0 bridgehead atoms. The van der Waals surface area contributed by atoms with Crippen LogP contribution in [0.1, 0.15) is 40.5 Å². The van der Waals surface area contributed by atoms with Crippen molar-refractivity contribution in [2.45, 2.75) is 50.9 Å². The molecule has 1 aliphatic rings. The summed E-state index contributed by atoms with van der Waals surface area (Å²) in [4.78, 5) is 2.13. The highest BCUT2D eigenvalue weighted by atomic mass is 32.2. The van der Waals surface area contributed by atoms with Crippen molar-refractivity contribution < 1.29 is 13.5 Å². The minimum absolute atomic E-state index is 0.207. The molecule has 1 heterocycles. The van der Waals surface area contributed by atoms with E-state index >= 15 is 0 Å². The molecule has 0 radical (unpaired) electrons. The van der Waals surface area contributed by atoms with Crippen LogP contribution in [0.2, 0.25) is 0 Å². The van der Waals surface area contributed by atoms with E-state index < -0.39 is 20.2 Å². The number of rotatable bonds is 3. The van der Waals surface area contributed by atoms with Crippen molar-refractivity contribution >= 4 is 9.84 Å². The van der Waals surface area contributed by atoms with Gasteiger partial charge in [0.05, 0.1) is 16.1 Å². The number of aliphatic hydroxyl groups is 1. The molecule has 5 heteroatoms. The lowest BCUT2D eigenvalue weighted by Crippen LogP contribution is -2.45. The first-order valence-corrected chi connectivity index (χ1v) is 7.86. The Morgan fingerprint density at radius 2 is 1.71 bits per heavy atom. The van der Waals surface area contributed by atoms with Crippen LogP contribution < -0.4 is 0 Å². The van der Waals surface area contributed by atoms with E-state index in [1.165, 1.54) is 0 Å². The predicted octanol–water partition coefficient (Wildman–Crippen LogP) is 1.05. The number of nitrogens with zero attached hydrogens (tertiary/aromatic N) is 1. The van der Waals surface area contributed by atoms with Crippen LogP contribution in [-0.2, 0) is 9.84 Å². The van der Waals surface area contributed by atoms with Gasteiger partial charge in [-0.2, -0.15) is 0 Å². The third-order valence-corrected chi connectivity index (χ3v) is 6.13. The summed E-state index contributed by atoms with van der Waals surface area (Å²) in [5, 5.41) is 9.80. The van der Waals surface area contributed by atoms with Gasteiger partial charge in [-0.05, 0) is 40.5 Å². The number of hydrogen-bond donors (Lipinski definition) is 1. The summed E-state index contributed by atoms with van der Waals surface area (Å²) in [6, 6.07) is 0. The molecule has 1 fully saturated rings. The Labute approximate surface area is 105 Å². The summed E-state index contributed by atoms with van der Waals surface area (Å²) in [7, 11) is -3.03. The number of piperidine rings is 1. The van der Waals surface area contributed by atoms with Crippen LogP contribution in [0.25, 0.3) is 0 Å². The van der Waals surface area contributed by atoms with E-state index in [-0.39, 0.29) is 5.75 Å². The molecule has 0 saturated carbocycles. The molecule has 0 aromatic rings. The minimum Gasteiger partial charge on any atom is -0.390 e. The Bertz CT molecular complexity index is 344. The zero-order chi connectivity index (χ0) is 13.3. The Hall–Kier alpha value is -0.130. The van der Waals surface area contributed by atoms with Gasteiger partial charge in [0.15, 0.2) is 9.84 Å². The number of sulfone groups is 1. The topological polar surface area (TPSA) is 57.6 Å². The first kappa shape index (κ1) is 14.9. The van der Waals surface area contributed by atoms with E-state index in [0.717, 1.165) is 25.9 Å². The monoisotopic (exact) mass is 263 g/mol. The van der Waals surface area contributed by atoms with Gasteiger partial charge in [0, 0.05) is 19.6 Å². The molecule has 102 valence electrons. The molecule has 0 atom stereocenters. The molecule has 0 unspecified atom stereocenters. The zero-order valence-corrected chi connectivity index (χ0v) is 12.2. The fraction of sp³-hybridized carbons (Fsp3) is 1.00. The molecule has 0 amide bonds. The molecule has 4 nitrogen and oxygen atoms in total. The summed E-state index contributed by atoms with van der Waals surface area (Å²) in [6.45, 7) is 9.21. The summed E-state index contributed by atoms with van der Waals surface area (Å²) in [5.74, 6) is 0.207. The third-order valence-electron chi connectivity index (χ3n) is 3.54. The minimum atomic E-state index is -3.03. The Kier molecular flexibility index (Phi) is 4.27. The van der Waals surface area contributed by atoms with Crippen molar-refractivity contribution in [2.75, 3.05) is 25.4 Å². The standard InChI is InChI=1S/C12H25NO3S/c1-11(2,3)17(15,16)10-9-13-7-5-12(4,14)6-8-13/h14H,5-10H2,1-4H3. The lowest BCUT2D eigenvalue weighted by Gasteiger charge is -2.36. The normalized spacial score (nSPS) is 22.6. The maximum atomic E-state index is 11.9. The molecule has 1 aliphatic heterocycles. The van der Waals surface area contributed by atoms with Crippen molar-refractivity contribution in [3.05, 3.63) is 0 Å². The highest BCUT2D eigenvalue weighted by Crippen LogP contribution is 2.22. The zero-order valence-electron chi connectivity index (χ0n) is 11.4. The van der Waals surface area contributed by atoms with E-state index in [0.29, 0.717) is 6.54 Å². The molecule has 0 aromatic carbocycles. The second kappa shape index (κ2) is 4.86. The Balaban J connectivity index is 2.44. The van der Waals surface area contributed by atoms with E-state index in [1.807, 2.05) is 6.92 Å². The summed E-state index contributed by atoms with van der Waals surface area (Å²) >= 11 is 0. The van der Waals surface area contributed by atoms with Crippen molar-refractivity contribution in [3.8, 4) is 0 Å². The number of likely N-dealkylation sites (tertiary alicyclic amines) is 1. The maximum Gasteiger partial charge on any atom is 0.156 e. The van der Waals surface area contributed by atoms with E-state index in [1.54, 1.807) is 20.8 Å². The van der Waals surface area contributed by atoms with Crippen LogP contribution in [0.4, 0.5) is 0 Å². The van der Waals surface area contributed by atoms with E-state index in [9.17, 15) is 13.5 Å². The van der Waals surface area contributed by atoms with Crippen molar-refractivity contribution in [3.63, 3.8) is 0 Å². The van der Waals surface area contributed by atoms with Gasteiger partial charge in [0.1, 0.15) is 0 Å². The van der Waals surface area contributed by atoms with Crippen LogP contribution in [0.5, 0.6) is 0 Å². The fourth-order valence-electron chi connectivity index (χ4n) is 1.81. The van der Waals surface area contributed by atoms with Gasteiger partial charge >= 0.3 is 0 Å². The third kappa shape index (κ3) is 4.23. The van der Waals surface area contributed by atoms with Crippen molar-refractivity contribution in [1.82, 2.24) is 4.90 Å². The van der Waals surface area contributed by atoms with E-state index in [2.05, 4.69) is 4.90 Å². The van der Waals surface area contributed by atoms with Gasteiger partial charge in [-0.15, -0.1) is 0 Å². The quantitative estimate of drug-likeness (QED) is 0.827. The lowest BCUT2D eigenvalue weighted by atomic mass is 9.94. The summed E-state index contributed by atoms with van der Waals surface area (Å²) in [6.07, 6.45) is 1.45. The van der Waals surface area contributed by atoms with Gasteiger partial charge in [-0.3, -0.25) is 0 Å². The van der Waals surface area contributed by atoms with E-state index in [4.69, 9.17) is 0 Å². The molecule has 0 spiro atoms. The van der Waals surface area contributed by atoms with Crippen molar-refractivity contribution in [2.24, 2.45) is 0 Å². The largest absolute Gasteiger partial charge is 0.390 e. The van der Waals surface area contributed by atoms with Gasteiger partial charge < -0.3 is 10.0 Å². The van der Waals surface area contributed by atoms with Crippen LogP contribution in [0.15, 0.2) is 0 Å². The average Bonchev–Trinajstić information content (AvgIpc) is 2.14. The molecular weight excluding hydrogens is 238 g/mol. The van der Waals surface area contributed by atoms with Crippen LogP contribution in [-0.4, -0.2) is 54.2 Å². The molecule has 1 rings (SSSR count). The number of hydrogen-bond acceptors (Lipinski definition) is 4. The fourth-order valence-corrected chi connectivity index (χ4v) is 2.92. The van der Waals surface area contributed by atoms with Crippen LogP contribution >= 0.6 is 0 Å². The van der Waals surface area contributed by atoms with Crippen LogP contribution in [0.3, 0.4) is 0 Å². The first-order valence-electron chi connectivity index (χ1n) is 6.21. The Morgan fingerprint density at radius 1 is 1.24 bits per heavy atom. The van der Waals surface area contributed by atoms with Gasteiger partial charge in [0.2, 0.25) is 0 Å². The first-order chi connectivity index (χ1) is 7.54. The second-order valence-corrected chi connectivity index (χ2v) is 9.13. The van der Waals surface area contributed by atoms with Gasteiger partial charge in [-0.1, -0.05) is 0 Å². The van der Waals surface area contributed by atoms with Crippen LogP contribution in [0, 0.1) is 0 Å². The molecular formula is C12H25NO3S. The van der Waals surface area contributed by atoms with Gasteiger partial charge in [0.25, 0.3) is 0 Å². The highest BCUT2D eigenvalue weighted by molar-refractivity contribution is 7.92. The summed E-state index contributed by atoms with van der Waals surface area (Å²) < 4.78 is 23.2. The average molecular weight is 263 g/mol. The smallest absolute Gasteiger partial charge is 0.156 e. The molecule has 0 aliphatic carbocycles. The second-order valence-electron chi connectivity index (χ2n) is 6.27. The highest BCUT2D eigenvalue weighted by Gasteiger charge is 2.31. The lowest BCUT2D eigenvalue weighted by molar-refractivity contribution is -0.00374.